The number of esters is 1. The lowest BCUT2D eigenvalue weighted by molar-refractivity contribution is 0.0730. The van der Waals surface area contributed by atoms with Crippen LogP contribution in [0.2, 0.25) is 10.0 Å². The number of carbonyl (C=O) groups is 1. The van der Waals surface area contributed by atoms with Crippen molar-refractivity contribution in [3.05, 3.63) is 63.9 Å². The summed E-state index contributed by atoms with van der Waals surface area (Å²) in [5, 5.41) is 0.374. The van der Waals surface area contributed by atoms with Crippen LogP contribution in [0.3, 0.4) is 0 Å². The second-order valence-electron chi connectivity index (χ2n) is 3.42. The van der Waals surface area contributed by atoms with Gasteiger partial charge in [-0.15, -0.1) is 0 Å². The fourth-order valence-electron chi connectivity index (χ4n) is 1.34. The van der Waals surface area contributed by atoms with E-state index in [2.05, 4.69) is 0 Å². The Morgan fingerprint density at radius 1 is 1.06 bits per heavy atom. The van der Waals surface area contributed by atoms with Gasteiger partial charge in [0.05, 0.1) is 10.6 Å². The molecule has 0 heterocycles. The molecule has 2 rings (SSSR count). The van der Waals surface area contributed by atoms with Crippen molar-refractivity contribution in [2.75, 3.05) is 0 Å². The molecule has 0 saturated heterocycles. The average molecular weight is 285 g/mol. The van der Waals surface area contributed by atoms with Gasteiger partial charge >= 0.3 is 5.97 Å². The number of hydrogen-bond donors (Lipinski definition) is 0. The highest BCUT2D eigenvalue weighted by atomic mass is 35.5. The topological polar surface area (TPSA) is 26.3 Å². The largest absolute Gasteiger partial charge is 0.421 e. The van der Waals surface area contributed by atoms with Gasteiger partial charge < -0.3 is 4.74 Å². The molecule has 0 N–H and O–H groups in total. The Morgan fingerprint density at radius 3 is 2.50 bits per heavy atom. The van der Waals surface area contributed by atoms with E-state index in [1.165, 1.54) is 24.3 Å². The number of ether oxygens (including phenoxy) is 1. The van der Waals surface area contributed by atoms with E-state index in [0.29, 0.717) is 0 Å². The van der Waals surface area contributed by atoms with Gasteiger partial charge in [-0.25, -0.2) is 9.18 Å². The van der Waals surface area contributed by atoms with Crippen molar-refractivity contribution in [3.63, 3.8) is 0 Å². The van der Waals surface area contributed by atoms with Crippen LogP contribution in [0.1, 0.15) is 10.4 Å². The van der Waals surface area contributed by atoms with E-state index >= 15 is 0 Å². The molecule has 5 heteroatoms. The van der Waals surface area contributed by atoms with Gasteiger partial charge in [0.25, 0.3) is 0 Å². The maximum atomic E-state index is 13.4. The third kappa shape index (κ3) is 2.63. The molecule has 2 aromatic rings. The zero-order valence-electron chi connectivity index (χ0n) is 8.99. The summed E-state index contributed by atoms with van der Waals surface area (Å²) < 4.78 is 18.4. The molecular formula is C13H7Cl2FO2. The molecule has 0 aliphatic rings. The van der Waals surface area contributed by atoms with Crippen molar-refractivity contribution in [1.82, 2.24) is 0 Å². The Kier molecular flexibility index (Phi) is 3.84. The smallest absolute Gasteiger partial charge is 0.346 e. The first-order valence-corrected chi connectivity index (χ1v) is 5.76. The fourth-order valence-corrected chi connectivity index (χ4v) is 1.67. The van der Waals surface area contributed by atoms with Crippen LogP contribution < -0.4 is 4.74 Å². The number of benzene rings is 2. The third-order valence-corrected chi connectivity index (χ3v) is 3.01. The molecule has 18 heavy (non-hydrogen) atoms. The molecular weight excluding hydrogens is 278 g/mol. The van der Waals surface area contributed by atoms with Crippen LogP contribution in [0, 0.1) is 5.82 Å². The molecule has 0 radical (unpaired) electrons. The number of halogens is 3. The van der Waals surface area contributed by atoms with Crippen molar-refractivity contribution < 1.29 is 13.9 Å². The van der Waals surface area contributed by atoms with Gasteiger partial charge in [0.2, 0.25) is 0 Å². The van der Waals surface area contributed by atoms with Gasteiger partial charge in [-0.2, -0.15) is 0 Å². The van der Waals surface area contributed by atoms with Crippen molar-refractivity contribution in [1.29, 1.82) is 0 Å². The molecule has 0 saturated carbocycles. The first-order valence-electron chi connectivity index (χ1n) is 5.00. The third-order valence-electron chi connectivity index (χ3n) is 2.21. The zero-order chi connectivity index (χ0) is 13.1. The minimum Gasteiger partial charge on any atom is -0.421 e. The van der Waals surface area contributed by atoms with Gasteiger partial charge in [0, 0.05) is 0 Å². The molecule has 0 unspecified atom stereocenters. The van der Waals surface area contributed by atoms with E-state index < -0.39 is 11.8 Å². The van der Waals surface area contributed by atoms with Gasteiger partial charge in [-0.1, -0.05) is 41.4 Å². The lowest BCUT2D eigenvalue weighted by Gasteiger charge is -2.07. The fraction of sp³-hybridized carbons (Fsp3) is 0. The van der Waals surface area contributed by atoms with E-state index in [1.54, 1.807) is 18.2 Å². The molecule has 2 nitrogen and oxygen atoms in total. The van der Waals surface area contributed by atoms with Crippen molar-refractivity contribution >= 4 is 29.2 Å². The molecule has 0 spiro atoms. The molecule has 0 aliphatic carbocycles. The van der Waals surface area contributed by atoms with Gasteiger partial charge in [0.1, 0.15) is 10.8 Å². The van der Waals surface area contributed by atoms with Gasteiger partial charge in [0.15, 0.2) is 5.75 Å². The lowest BCUT2D eigenvalue weighted by atomic mass is 10.2. The van der Waals surface area contributed by atoms with Crippen LogP contribution in [0.5, 0.6) is 5.75 Å². The van der Waals surface area contributed by atoms with Crippen molar-refractivity contribution in [3.8, 4) is 5.75 Å². The first-order chi connectivity index (χ1) is 8.59. The summed E-state index contributed by atoms with van der Waals surface area (Å²) in [5.74, 6) is -1.38. The predicted octanol–water partition coefficient (Wildman–Crippen LogP) is 4.35. The summed E-state index contributed by atoms with van der Waals surface area (Å²) in [4.78, 5) is 11.7. The molecule has 0 amide bonds. The predicted molar refractivity (Wildman–Crippen MR) is 67.8 cm³/mol. The van der Waals surface area contributed by atoms with E-state index in [-0.39, 0.29) is 21.4 Å². The van der Waals surface area contributed by atoms with E-state index in [4.69, 9.17) is 27.9 Å². The summed E-state index contributed by atoms with van der Waals surface area (Å²) in [6.07, 6.45) is 0. The quantitative estimate of drug-likeness (QED) is 0.605. The van der Waals surface area contributed by atoms with Crippen molar-refractivity contribution in [2.45, 2.75) is 0 Å². The molecule has 0 bridgehead atoms. The Labute approximate surface area is 113 Å². The molecule has 0 aliphatic heterocycles. The minimum atomic E-state index is -0.822. The molecule has 92 valence electrons. The number of hydrogen-bond acceptors (Lipinski definition) is 2. The molecule has 0 aromatic heterocycles. The second-order valence-corrected chi connectivity index (χ2v) is 4.21. The summed E-state index contributed by atoms with van der Waals surface area (Å²) in [6.45, 7) is 0. The summed E-state index contributed by atoms with van der Waals surface area (Å²) in [6, 6.07) is 10.2. The van der Waals surface area contributed by atoms with E-state index in [9.17, 15) is 9.18 Å². The standard InChI is InChI=1S/C13H7Cl2FO2/c14-9-5-3-7-11(12(9)15)18-13(17)8-4-1-2-6-10(8)16/h1-7H. The Morgan fingerprint density at radius 2 is 1.78 bits per heavy atom. The van der Waals surface area contributed by atoms with Crippen LogP contribution in [0.4, 0.5) is 4.39 Å². The second kappa shape index (κ2) is 5.38. The monoisotopic (exact) mass is 284 g/mol. The summed E-state index contributed by atoms with van der Waals surface area (Å²) >= 11 is 11.6. The molecule has 2 aromatic carbocycles. The van der Waals surface area contributed by atoms with E-state index in [0.717, 1.165) is 0 Å². The van der Waals surface area contributed by atoms with Crippen LogP contribution in [0.25, 0.3) is 0 Å². The first kappa shape index (κ1) is 12.9. The van der Waals surface area contributed by atoms with Crippen LogP contribution in [0.15, 0.2) is 42.5 Å². The summed E-state index contributed by atoms with van der Waals surface area (Å²) in [7, 11) is 0. The summed E-state index contributed by atoms with van der Waals surface area (Å²) in [5.41, 5.74) is -0.159. The van der Waals surface area contributed by atoms with Crippen LogP contribution in [-0.2, 0) is 0 Å². The number of carbonyl (C=O) groups excluding carboxylic acids is 1. The maximum Gasteiger partial charge on any atom is 0.346 e. The highest BCUT2D eigenvalue weighted by Gasteiger charge is 2.15. The minimum absolute atomic E-state index is 0.0948. The molecule has 0 atom stereocenters. The normalized spacial score (nSPS) is 10.2. The Balaban J connectivity index is 2.27. The highest BCUT2D eigenvalue weighted by molar-refractivity contribution is 6.43. The van der Waals surface area contributed by atoms with Crippen LogP contribution >= 0.6 is 23.2 Å². The molecule has 0 fully saturated rings. The van der Waals surface area contributed by atoms with Gasteiger partial charge in [-0.3, -0.25) is 0 Å². The van der Waals surface area contributed by atoms with Gasteiger partial charge in [-0.05, 0) is 24.3 Å². The number of rotatable bonds is 2. The van der Waals surface area contributed by atoms with Crippen molar-refractivity contribution in [2.24, 2.45) is 0 Å². The van der Waals surface area contributed by atoms with E-state index in [1.807, 2.05) is 0 Å². The average Bonchev–Trinajstić information content (AvgIpc) is 2.35. The highest BCUT2D eigenvalue weighted by Crippen LogP contribution is 2.32. The lowest BCUT2D eigenvalue weighted by Crippen LogP contribution is -2.10. The van der Waals surface area contributed by atoms with Crippen LogP contribution in [-0.4, -0.2) is 5.97 Å². The maximum absolute atomic E-state index is 13.4. The Bertz CT molecular complexity index is 599. The zero-order valence-corrected chi connectivity index (χ0v) is 10.5. The SMILES string of the molecule is O=C(Oc1cccc(Cl)c1Cl)c1ccccc1F. The Hall–Kier alpha value is -1.58.